The summed E-state index contributed by atoms with van der Waals surface area (Å²) in [6, 6.07) is 0. The second kappa shape index (κ2) is 4.50. The Hall–Kier alpha value is -0.370. The molecule has 0 radical (unpaired) electrons. The Morgan fingerprint density at radius 1 is 1.56 bits per heavy atom. The van der Waals surface area contributed by atoms with Crippen molar-refractivity contribution in [3.05, 3.63) is 0 Å². The molecule has 0 bridgehead atoms. The molecular formula is C7H14O2. The Balaban J connectivity index is 3.45. The highest BCUT2D eigenvalue weighted by Crippen LogP contribution is 1.98. The summed E-state index contributed by atoms with van der Waals surface area (Å²) in [5.41, 5.74) is 0. The summed E-state index contributed by atoms with van der Waals surface area (Å²) in [7, 11) is 0. The first kappa shape index (κ1) is 8.63. The summed E-state index contributed by atoms with van der Waals surface area (Å²) in [6.07, 6.45) is 1.21. The molecule has 0 aliphatic heterocycles. The lowest BCUT2D eigenvalue weighted by Gasteiger charge is -2.03. The summed E-state index contributed by atoms with van der Waals surface area (Å²) in [5.74, 6) is -0.0446. The topological polar surface area (TPSA) is 37.3 Å². The molecule has 0 saturated heterocycles. The molecule has 2 nitrogen and oxygen atoms in total. The van der Waals surface area contributed by atoms with Crippen molar-refractivity contribution in [2.75, 3.05) is 0 Å². The van der Waals surface area contributed by atoms with Crippen molar-refractivity contribution in [1.82, 2.24) is 0 Å². The number of aliphatic hydroxyl groups excluding tert-OH is 1. The predicted octanol–water partition coefficient (Wildman–Crippen LogP) is 1.13. The van der Waals surface area contributed by atoms with E-state index < -0.39 is 6.10 Å². The number of rotatable bonds is 4. The zero-order valence-electron chi connectivity index (χ0n) is 6.05. The van der Waals surface area contributed by atoms with E-state index in [0.29, 0.717) is 12.8 Å². The molecule has 1 unspecified atom stereocenters. The average Bonchev–Trinajstić information content (AvgIpc) is 1.87. The van der Waals surface area contributed by atoms with Gasteiger partial charge in [-0.05, 0) is 6.42 Å². The van der Waals surface area contributed by atoms with Crippen LogP contribution in [0.5, 0.6) is 0 Å². The highest BCUT2D eigenvalue weighted by Gasteiger charge is 2.09. The average molecular weight is 130 g/mol. The van der Waals surface area contributed by atoms with Crippen LogP contribution in [-0.4, -0.2) is 17.0 Å². The van der Waals surface area contributed by atoms with Gasteiger partial charge in [-0.2, -0.15) is 0 Å². The van der Waals surface area contributed by atoms with E-state index in [4.69, 9.17) is 5.11 Å². The van der Waals surface area contributed by atoms with Gasteiger partial charge in [0.15, 0.2) is 5.78 Å². The summed E-state index contributed by atoms with van der Waals surface area (Å²) in [6.45, 7) is 3.72. The zero-order valence-corrected chi connectivity index (χ0v) is 6.05. The number of hydrogen-bond donors (Lipinski definition) is 1. The van der Waals surface area contributed by atoms with Crippen LogP contribution in [0.1, 0.15) is 33.1 Å². The van der Waals surface area contributed by atoms with Gasteiger partial charge >= 0.3 is 0 Å². The molecule has 0 aromatic carbocycles. The summed E-state index contributed by atoms with van der Waals surface area (Å²) in [4.78, 5) is 10.7. The highest BCUT2D eigenvalue weighted by atomic mass is 16.3. The third-order valence-corrected chi connectivity index (χ3v) is 1.28. The second-order valence-corrected chi connectivity index (χ2v) is 2.12. The summed E-state index contributed by atoms with van der Waals surface area (Å²) >= 11 is 0. The maximum absolute atomic E-state index is 10.7. The SMILES string of the molecule is CCCC(O)C(=O)CC. The van der Waals surface area contributed by atoms with E-state index in [0.717, 1.165) is 6.42 Å². The van der Waals surface area contributed by atoms with Crippen LogP contribution in [0.2, 0.25) is 0 Å². The first-order chi connectivity index (χ1) is 4.22. The number of Topliss-reactive ketones (excluding diaryl/α,β-unsaturated/α-hetero) is 1. The molecule has 2 heteroatoms. The van der Waals surface area contributed by atoms with Gasteiger partial charge in [0.1, 0.15) is 6.10 Å². The van der Waals surface area contributed by atoms with Gasteiger partial charge in [-0.3, -0.25) is 4.79 Å². The summed E-state index contributed by atoms with van der Waals surface area (Å²) in [5, 5.41) is 8.97. The maximum Gasteiger partial charge on any atom is 0.160 e. The standard InChI is InChI=1S/C7H14O2/c1-3-5-7(9)6(8)4-2/h7,9H,3-5H2,1-2H3. The minimum Gasteiger partial charge on any atom is -0.385 e. The lowest BCUT2D eigenvalue weighted by atomic mass is 10.1. The molecule has 0 fully saturated rings. The molecule has 0 spiro atoms. The van der Waals surface area contributed by atoms with Crippen molar-refractivity contribution in [3.8, 4) is 0 Å². The van der Waals surface area contributed by atoms with E-state index >= 15 is 0 Å². The Labute approximate surface area is 55.9 Å². The van der Waals surface area contributed by atoms with Gasteiger partial charge in [0.2, 0.25) is 0 Å². The summed E-state index contributed by atoms with van der Waals surface area (Å²) < 4.78 is 0. The number of hydrogen-bond acceptors (Lipinski definition) is 2. The van der Waals surface area contributed by atoms with E-state index in [1.54, 1.807) is 6.92 Å². The van der Waals surface area contributed by atoms with Gasteiger partial charge in [0.05, 0.1) is 0 Å². The highest BCUT2D eigenvalue weighted by molar-refractivity contribution is 5.82. The Kier molecular flexibility index (Phi) is 4.32. The van der Waals surface area contributed by atoms with Crippen molar-refractivity contribution in [1.29, 1.82) is 0 Å². The van der Waals surface area contributed by atoms with Crippen LogP contribution < -0.4 is 0 Å². The quantitative estimate of drug-likeness (QED) is 0.619. The lowest BCUT2D eigenvalue weighted by molar-refractivity contribution is -0.127. The van der Waals surface area contributed by atoms with Crippen LogP contribution in [0, 0.1) is 0 Å². The number of aliphatic hydroxyl groups is 1. The molecule has 54 valence electrons. The van der Waals surface area contributed by atoms with Crippen LogP contribution in [0.4, 0.5) is 0 Å². The fourth-order valence-corrected chi connectivity index (χ4v) is 0.670. The van der Waals surface area contributed by atoms with Crippen molar-refractivity contribution in [2.24, 2.45) is 0 Å². The van der Waals surface area contributed by atoms with Gasteiger partial charge < -0.3 is 5.11 Å². The van der Waals surface area contributed by atoms with Gasteiger partial charge in [0, 0.05) is 6.42 Å². The second-order valence-electron chi connectivity index (χ2n) is 2.12. The zero-order chi connectivity index (χ0) is 7.28. The molecule has 1 atom stereocenters. The number of ketones is 1. The van der Waals surface area contributed by atoms with Gasteiger partial charge in [-0.25, -0.2) is 0 Å². The maximum atomic E-state index is 10.7. The normalized spacial score (nSPS) is 13.2. The fourth-order valence-electron chi connectivity index (χ4n) is 0.670. The van der Waals surface area contributed by atoms with E-state index in [9.17, 15) is 4.79 Å². The van der Waals surface area contributed by atoms with Gasteiger partial charge in [-0.15, -0.1) is 0 Å². The molecule has 1 N–H and O–H groups in total. The van der Waals surface area contributed by atoms with E-state index in [1.165, 1.54) is 0 Å². The van der Waals surface area contributed by atoms with Crippen molar-refractivity contribution in [3.63, 3.8) is 0 Å². The minimum absolute atomic E-state index is 0.0446. The largest absolute Gasteiger partial charge is 0.385 e. The van der Waals surface area contributed by atoms with Crippen LogP contribution in [-0.2, 0) is 4.79 Å². The molecule has 0 aliphatic rings. The van der Waals surface area contributed by atoms with Crippen LogP contribution in [0.25, 0.3) is 0 Å². The number of carbonyl (C=O) groups is 1. The molecule has 0 aliphatic carbocycles. The molecule has 0 aromatic heterocycles. The Bertz CT molecular complexity index is 88.9. The van der Waals surface area contributed by atoms with Crippen LogP contribution in [0.15, 0.2) is 0 Å². The molecule has 0 heterocycles. The first-order valence-corrected chi connectivity index (χ1v) is 3.43. The minimum atomic E-state index is -0.708. The molecule has 0 aromatic rings. The van der Waals surface area contributed by atoms with Gasteiger partial charge in [-0.1, -0.05) is 20.3 Å². The van der Waals surface area contributed by atoms with Crippen molar-refractivity contribution >= 4 is 5.78 Å². The third kappa shape index (κ3) is 3.25. The van der Waals surface area contributed by atoms with E-state index in [1.807, 2.05) is 6.92 Å². The third-order valence-electron chi connectivity index (χ3n) is 1.28. The van der Waals surface area contributed by atoms with E-state index in [2.05, 4.69) is 0 Å². The smallest absolute Gasteiger partial charge is 0.160 e. The Morgan fingerprint density at radius 2 is 2.11 bits per heavy atom. The first-order valence-electron chi connectivity index (χ1n) is 3.43. The number of carbonyl (C=O) groups excluding carboxylic acids is 1. The van der Waals surface area contributed by atoms with E-state index in [-0.39, 0.29) is 5.78 Å². The Morgan fingerprint density at radius 3 is 2.44 bits per heavy atom. The van der Waals surface area contributed by atoms with Crippen LogP contribution in [0.3, 0.4) is 0 Å². The molecule has 0 rings (SSSR count). The fraction of sp³-hybridized carbons (Fsp3) is 0.857. The van der Waals surface area contributed by atoms with Crippen molar-refractivity contribution in [2.45, 2.75) is 39.2 Å². The molecule has 9 heavy (non-hydrogen) atoms. The molecule has 0 amide bonds. The molecule has 0 saturated carbocycles. The predicted molar refractivity (Wildman–Crippen MR) is 36.2 cm³/mol. The van der Waals surface area contributed by atoms with Gasteiger partial charge in [0.25, 0.3) is 0 Å². The van der Waals surface area contributed by atoms with Crippen molar-refractivity contribution < 1.29 is 9.90 Å². The molecular weight excluding hydrogens is 116 g/mol. The van der Waals surface area contributed by atoms with Crippen LogP contribution >= 0.6 is 0 Å². The monoisotopic (exact) mass is 130 g/mol. The lowest BCUT2D eigenvalue weighted by Crippen LogP contribution is -2.18.